The lowest BCUT2D eigenvalue weighted by atomic mass is 9.96. The Balaban J connectivity index is 2.34. The van der Waals surface area contributed by atoms with Crippen molar-refractivity contribution >= 4 is 0 Å². The van der Waals surface area contributed by atoms with Crippen molar-refractivity contribution in [3.05, 3.63) is 0 Å². The van der Waals surface area contributed by atoms with Crippen LogP contribution in [0.5, 0.6) is 0 Å². The molecule has 0 spiro atoms. The Bertz CT molecular complexity index is 425. The van der Waals surface area contributed by atoms with E-state index in [-0.39, 0.29) is 6.61 Å². The highest BCUT2D eigenvalue weighted by atomic mass is 16.8. The van der Waals surface area contributed by atoms with Crippen LogP contribution in [0.1, 0.15) is 71.1 Å². The molecular weight excluding hydrogens is 396 g/mol. The molecule has 0 amide bonds. The molecule has 1 aliphatic rings. The Kier molecular flexibility index (Phi) is 14.2. The Morgan fingerprint density at radius 3 is 1.97 bits per heavy atom. The van der Waals surface area contributed by atoms with E-state index in [1.54, 1.807) is 0 Å². The van der Waals surface area contributed by atoms with Gasteiger partial charge in [0.15, 0.2) is 6.29 Å². The molecule has 0 aliphatic carbocycles. The van der Waals surface area contributed by atoms with Crippen molar-refractivity contribution in [2.75, 3.05) is 26.4 Å². The van der Waals surface area contributed by atoms with Gasteiger partial charge in [0.05, 0.1) is 13.2 Å². The third-order valence-electron chi connectivity index (χ3n) is 5.45. The van der Waals surface area contributed by atoms with Gasteiger partial charge in [-0.3, -0.25) is 0 Å². The lowest BCUT2D eigenvalue weighted by molar-refractivity contribution is -0.411. The van der Waals surface area contributed by atoms with Gasteiger partial charge < -0.3 is 44.8 Å². The SMILES string of the molecule is CCCCCCCCCCCCOC1O[C@@](CO)(OCC(O)CO)[C@@H](O)[C@H](O)[C@H]1O. The topological polar surface area (TPSA) is 149 Å². The summed E-state index contributed by atoms with van der Waals surface area (Å²) in [4.78, 5) is 0. The Morgan fingerprint density at radius 1 is 0.867 bits per heavy atom. The molecule has 9 nitrogen and oxygen atoms in total. The zero-order valence-corrected chi connectivity index (χ0v) is 18.2. The third kappa shape index (κ3) is 9.02. The fourth-order valence-corrected chi connectivity index (χ4v) is 3.45. The molecule has 0 saturated carbocycles. The molecule has 0 aromatic heterocycles. The van der Waals surface area contributed by atoms with Crippen LogP contribution in [0.3, 0.4) is 0 Å². The molecule has 1 aliphatic heterocycles. The van der Waals surface area contributed by atoms with E-state index in [1.807, 2.05) is 0 Å². The summed E-state index contributed by atoms with van der Waals surface area (Å²) in [7, 11) is 0. The van der Waals surface area contributed by atoms with Crippen LogP contribution in [0.4, 0.5) is 0 Å². The van der Waals surface area contributed by atoms with Crippen molar-refractivity contribution in [2.45, 2.75) is 108 Å². The van der Waals surface area contributed by atoms with Gasteiger partial charge in [0.1, 0.15) is 31.0 Å². The minimum absolute atomic E-state index is 0.280. The van der Waals surface area contributed by atoms with Crippen LogP contribution < -0.4 is 0 Å². The smallest absolute Gasteiger partial charge is 0.223 e. The Morgan fingerprint density at radius 2 is 1.43 bits per heavy atom. The molecule has 2 unspecified atom stereocenters. The number of aliphatic hydroxyl groups is 6. The first kappa shape index (κ1) is 27.7. The largest absolute Gasteiger partial charge is 0.394 e. The first-order valence-electron chi connectivity index (χ1n) is 11.3. The summed E-state index contributed by atoms with van der Waals surface area (Å²) < 4.78 is 16.2. The molecule has 0 radical (unpaired) electrons. The normalized spacial score (nSPS) is 30.5. The van der Waals surface area contributed by atoms with Gasteiger partial charge in [-0.2, -0.15) is 0 Å². The van der Waals surface area contributed by atoms with Crippen LogP contribution >= 0.6 is 0 Å². The highest BCUT2D eigenvalue weighted by Crippen LogP contribution is 2.32. The van der Waals surface area contributed by atoms with E-state index in [1.165, 1.54) is 44.9 Å². The van der Waals surface area contributed by atoms with Crippen molar-refractivity contribution in [1.82, 2.24) is 0 Å². The second-order valence-electron chi connectivity index (χ2n) is 8.08. The molecule has 0 bridgehead atoms. The molecule has 1 rings (SSSR count). The second kappa shape index (κ2) is 15.4. The van der Waals surface area contributed by atoms with Crippen molar-refractivity contribution in [2.24, 2.45) is 0 Å². The molecular formula is C21H42O9. The lowest BCUT2D eigenvalue weighted by Crippen LogP contribution is -2.67. The maximum atomic E-state index is 10.2. The van der Waals surface area contributed by atoms with Crippen LogP contribution in [0.15, 0.2) is 0 Å². The van der Waals surface area contributed by atoms with Gasteiger partial charge >= 0.3 is 0 Å². The number of unbranched alkanes of at least 4 members (excludes halogenated alkanes) is 9. The highest BCUT2D eigenvalue weighted by molar-refractivity contribution is 4.95. The van der Waals surface area contributed by atoms with Gasteiger partial charge in [-0.15, -0.1) is 0 Å². The highest BCUT2D eigenvalue weighted by Gasteiger charge is 2.55. The summed E-state index contributed by atoms with van der Waals surface area (Å²) in [6, 6.07) is 0. The molecule has 9 heteroatoms. The number of hydrogen-bond acceptors (Lipinski definition) is 9. The van der Waals surface area contributed by atoms with Crippen LogP contribution in [0.25, 0.3) is 0 Å². The van der Waals surface area contributed by atoms with Crippen LogP contribution in [-0.2, 0) is 14.2 Å². The molecule has 1 heterocycles. The summed E-state index contributed by atoms with van der Waals surface area (Å²) in [5.74, 6) is -2.07. The maximum absolute atomic E-state index is 10.2. The lowest BCUT2D eigenvalue weighted by Gasteiger charge is -2.47. The summed E-state index contributed by atoms with van der Waals surface area (Å²) in [5, 5.41) is 58.5. The Labute approximate surface area is 179 Å². The van der Waals surface area contributed by atoms with Crippen molar-refractivity contribution in [3.63, 3.8) is 0 Å². The third-order valence-corrected chi connectivity index (χ3v) is 5.45. The Hall–Kier alpha value is -0.360. The minimum Gasteiger partial charge on any atom is -0.394 e. The van der Waals surface area contributed by atoms with E-state index in [4.69, 9.17) is 19.3 Å². The standard InChI is InChI=1S/C21H42O9/c1-2-3-4-5-6-7-8-9-10-11-12-28-20-18(26)17(25)19(27)21(15-23,30-20)29-14-16(24)13-22/h16-20,22-27H,2-15H2,1H3/t16?,17-,18-,19+,20?,21-/m1/s1. The molecule has 30 heavy (non-hydrogen) atoms. The predicted molar refractivity (Wildman–Crippen MR) is 110 cm³/mol. The van der Waals surface area contributed by atoms with E-state index < -0.39 is 56.3 Å². The van der Waals surface area contributed by atoms with Gasteiger partial charge in [0.25, 0.3) is 0 Å². The van der Waals surface area contributed by atoms with Gasteiger partial charge in [-0.25, -0.2) is 0 Å². The fraction of sp³-hybridized carbons (Fsp3) is 1.00. The molecule has 0 aromatic carbocycles. The average molecular weight is 439 g/mol. The fourth-order valence-electron chi connectivity index (χ4n) is 3.45. The number of aliphatic hydroxyl groups excluding tert-OH is 6. The average Bonchev–Trinajstić information content (AvgIpc) is 2.76. The zero-order valence-electron chi connectivity index (χ0n) is 18.2. The minimum atomic E-state index is -2.07. The van der Waals surface area contributed by atoms with Gasteiger partial charge in [-0.05, 0) is 6.42 Å². The maximum Gasteiger partial charge on any atom is 0.223 e. The van der Waals surface area contributed by atoms with E-state index in [2.05, 4.69) is 6.92 Å². The van der Waals surface area contributed by atoms with E-state index in [0.717, 1.165) is 19.3 Å². The summed E-state index contributed by atoms with van der Waals surface area (Å²) in [5.41, 5.74) is 0. The number of rotatable bonds is 17. The first-order chi connectivity index (χ1) is 14.4. The van der Waals surface area contributed by atoms with Crippen molar-refractivity contribution < 1.29 is 44.8 Å². The predicted octanol–water partition coefficient (Wildman–Crippen LogP) is 0.421. The van der Waals surface area contributed by atoms with Crippen LogP contribution in [-0.4, -0.2) is 93.6 Å². The zero-order chi connectivity index (χ0) is 22.4. The van der Waals surface area contributed by atoms with E-state index in [9.17, 15) is 25.5 Å². The molecule has 1 saturated heterocycles. The van der Waals surface area contributed by atoms with Crippen molar-refractivity contribution in [1.29, 1.82) is 0 Å². The van der Waals surface area contributed by atoms with Gasteiger partial charge in [-0.1, -0.05) is 64.7 Å². The van der Waals surface area contributed by atoms with Crippen molar-refractivity contribution in [3.8, 4) is 0 Å². The van der Waals surface area contributed by atoms with E-state index >= 15 is 0 Å². The molecule has 1 fully saturated rings. The summed E-state index contributed by atoms with van der Waals surface area (Å²) in [6.45, 7) is 0.625. The quantitative estimate of drug-likeness (QED) is 0.178. The van der Waals surface area contributed by atoms with Gasteiger partial charge in [0, 0.05) is 6.61 Å². The molecule has 180 valence electrons. The summed E-state index contributed by atoms with van der Waals surface area (Å²) >= 11 is 0. The van der Waals surface area contributed by atoms with E-state index in [0.29, 0.717) is 0 Å². The van der Waals surface area contributed by atoms with Crippen LogP contribution in [0.2, 0.25) is 0 Å². The van der Waals surface area contributed by atoms with Gasteiger partial charge in [0.2, 0.25) is 5.79 Å². The monoisotopic (exact) mass is 438 g/mol. The first-order valence-corrected chi connectivity index (χ1v) is 11.3. The second-order valence-corrected chi connectivity index (χ2v) is 8.08. The number of hydrogen-bond donors (Lipinski definition) is 6. The van der Waals surface area contributed by atoms with Crippen LogP contribution in [0, 0.1) is 0 Å². The summed E-state index contributed by atoms with van der Waals surface area (Å²) in [6.07, 6.45) is 4.15. The number of ether oxygens (including phenoxy) is 3. The molecule has 0 aromatic rings. The molecule has 6 N–H and O–H groups in total. The molecule has 6 atom stereocenters.